The van der Waals surface area contributed by atoms with Crippen LogP contribution in [0.25, 0.3) is 0 Å². The average molecular weight is 249 g/mol. The van der Waals surface area contributed by atoms with Gasteiger partial charge >= 0.3 is 0 Å². The fourth-order valence-electron chi connectivity index (χ4n) is 2.09. The van der Waals surface area contributed by atoms with Gasteiger partial charge in [-0.1, -0.05) is 63.6 Å². The van der Waals surface area contributed by atoms with E-state index in [2.05, 4.69) is 12.2 Å². The molecule has 1 aromatic rings. The third kappa shape index (κ3) is 7.33. The number of unbranched alkanes of at least 4 members (excludes halogenated alkanes) is 6. The molecule has 0 aliphatic heterocycles. The van der Waals surface area contributed by atoms with E-state index >= 15 is 0 Å². The van der Waals surface area contributed by atoms with Gasteiger partial charge in [0.2, 0.25) is 0 Å². The second-order valence-electron chi connectivity index (χ2n) is 4.94. The first kappa shape index (κ1) is 15.0. The van der Waals surface area contributed by atoms with E-state index < -0.39 is 6.23 Å². The van der Waals surface area contributed by atoms with Crippen LogP contribution in [0.4, 0.5) is 5.69 Å². The van der Waals surface area contributed by atoms with Gasteiger partial charge in [-0.15, -0.1) is 0 Å². The molecule has 0 radical (unpaired) electrons. The number of benzene rings is 1. The van der Waals surface area contributed by atoms with Gasteiger partial charge in [-0.25, -0.2) is 0 Å². The molecule has 1 unspecified atom stereocenters. The zero-order valence-corrected chi connectivity index (χ0v) is 11.6. The molecule has 2 heteroatoms. The predicted octanol–water partition coefficient (Wildman–Crippen LogP) is 4.56. The Hall–Kier alpha value is -1.02. The van der Waals surface area contributed by atoms with Crippen molar-refractivity contribution >= 4 is 5.69 Å². The highest BCUT2D eigenvalue weighted by atomic mass is 16.3. The van der Waals surface area contributed by atoms with Crippen LogP contribution in [-0.2, 0) is 0 Å². The Kier molecular flexibility index (Phi) is 8.32. The molecular weight excluding hydrogens is 222 g/mol. The van der Waals surface area contributed by atoms with Crippen molar-refractivity contribution in [3.63, 3.8) is 0 Å². The van der Waals surface area contributed by atoms with E-state index in [4.69, 9.17) is 0 Å². The van der Waals surface area contributed by atoms with Crippen molar-refractivity contribution in [3.8, 4) is 0 Å². The van der Waals surface area contributed by atoms with E-state index in [0.717, 1.165) is 18.5 Å². The molecule has 0 heterocycles. The lowest BCUT2D eigenvalue weighted by Gasteiger charge is -2.13. The Bertz CT molecular complexity index is 286. The second-order valence-corrected chi connectivity index (χ2v) is 4.94. The molecule has 0 aliphatic rings. The Morgan fingerprint density at radius 3 is 2.22 bits per heavy atom. The summed E-state index contributed by atoms with van der Waals surface area (Å²) >= 11 is 0. The maximum absolute atomic E-state index is 9.83. The van der Waals surface area contributed by atoms with E-state index in [9.17, 15) is 5.11 Å². The van der Waals surface area contributed by atoms with Gasteiger partial charge in [-0.2, -0.15) is 0 Å². The molecule has 2 N–H and O–H groups in total. The minimum Gasteiger partial charge on any atom is -0.374 e. The number of hydrogen-bond acceptors (Lipinski definition) is 2. The summed E-state index contributed by atoms with van der Waals surface area (Å²) in [4.78, 5) is 0. The zero-order valence-electron chi connectivity index (χ0n) is 11.6. The van der Waals surface area contributed by atoms with Gasteiger partial charge in [0.05, 0.1) is 0 Å². The lowest BCUT2D eigenvalue weighted by Crippen LogP contribution is -2.18. The van der Waals surface area contributed by atoms with E-state index in [0.29, 0.717) is 0 Å². The van der Waals surface area contributed by atoms with Crippen LogP contribution in [0.3, 0.4) is 0 Å². The van der Waals surface area contributed by atoms with Gasteiger partial charge in [0, 0.05) is 5.69 Å². The molecule has 102 valence electrons. The fraction of sp³-hybridized carbons (Fsp3) is 0.625. The molecule has 1 aromatic carbocycles. The Morgan fingerprint density at radius 1 is 0.944 bits per heavy atom. The van der Waals surface area contributed by atoms with Gasteiger partial charge in [-0.05, 0) is 25.0 Å². The van der Waals surface area contributed by atoms with E-state index in [-0.39, 0.29) is 0 Å². The van der Waals surface area contributed by atoms with Crippen LogP contribution < -0.4 is 5.32 Å². The smallest absolute Gasteiger partial charge is 0.124 e. The fourth-order valence-corrected chi connectivity index (χ4v) is 2.09. The number of hydrogen-bond donors (Lipinski definition) is 2. The van der Waals surface area contributed by atoms with E-state index in [1.807, 2.05) is 30.3 Å². The SMILES string of the molecule is CCCCCCCCCC(O)Nc1ccccc1. The molecule has 1 atom stereocenters. The molecule has 0 spiro atoms. The molecule has 0 saturated carbocycles. The molecule has 0 bridgehead atoms. The lowest BCUT2D eigenvalue weighted by atomic mass is 10.1. The second kappa shape index (κ2) is 9.95. The zero-order chi connectivity index (χ0) is 13.1. The summed E-state index contributed by atoms with van der Waals surface area (Å²) in [6.07, 6.45) is 9.43. The molecule has 0 fully saturated rings. The van der Waals surface area contributed by atoms with Gasteiger partial charge in [0.15, 0.2) is 0 Å². The summed E-state index contributed by atoms with van der Waals surface area (Å²) in [6, 6.07) is 9.89. The molecule has 0 aliphatic carbocycles. The highest BCUT2D eigenvalue weighted by molar-refractivity contribution is 5.42. The van der Waals surface area contributed by atoms with Crippen LogP contribution in [0.2, 0.25) is 0 Å². The third-order valence-electron chi connectivity index (χ3n) is 3.19. The van der Waals surface area contributed by atoms with Crippen LogP contribution in [0.15, 0.2) is 30.3 Å². The standard InChI is InChI=1S/C16H27NO/c1-2-3-4-5-6-7-11-14-16(18)17-15-12-9-8-10-13-15/h8-10,12-13,16-18H,2-7,11,14H2,1H3. The normalized spacial score (nSPS) is 12.3. The minimum atomic E-state index is -0.414. The molecular formula is C16H27NO. The van der Waals surface area contributed by atoms with Crippen LogP contribution in [0, 0.1) is 0 Å². The largest absolute Gasteiger partial charge is 0.374 e. The first-order valence-electron chi connectivity index (χ1n) is 7.32. The Morgan fingerprint density at radius 2 is 1.56 bits per heavy atom. The highest BCUT2D eigenvalue weighted by Crippen LogP contribution is 2.12. The number of anilines is 1. The van der Waals surface area contributed by atoms with Crippen LogP contribution in [0.1, 0.15) is 58.3 Å². The maximum atomic E-state index is 9.83. The maximum Gasteiger partial charge on any atom is 0.124 e. The summed E-state index contributed by atoms with van der Waals surface area (Å²) < 4.78 is 0. The van der Waals surface area contributed by atoms with Crippen molar-refractivity contribution in [1.82, 2.24) is 0 Å². The van der Waals surface area contributed by atoms with Crippen LogP contribution in [-0.4, -0.2) is 11.3 Å². The summed E-state index contributed by atoms with van der Waals surface area (Å²) in [5, 5.41) is 12.9. The Balaban J connectivity index is 1.99. The first-order chi connectivity index (χ1) is 8.83. The van der Waals surface area contributed by atoms with Crippen LogP contribution in [0.5, 0.6) is 0 Å². The molecule has 18 heavy (non-hydrogen) atoms. The topological polar surface area (TPSA) is 32.3 Å². The van der Waals surface area contributed by atoms with Crippen molar-refractivity contribution in [2.45, 2.75) is 64.5 Å². The summed E-state index contributed by atoms with van der Waals surface area (Å²) in [5.74, 6) is 0. The van der Waals surface area contributed by atoms with Gasteiger partial charge in [0.1, 0.15) is 6.23 Å². The molecule has 2 nitrogen and oxygen atoms in total. The average Bonchev–Trinajstić information content (AvgIpc) is 2.39. The summed E-state index contributed by atoms with van der Waals surface area (Å²) in [6.45, 7) is 2.24. The first-order valence-corrected chi connectivity index (χ1v) is 7.32. The van der Waals surface area contributed by atoms with E-state index in [1.54, 1.807) is 0 Å². The lowest BCUT2D eigenvalue weighted by molar-refractivity contribution is 0.188. The van der Waals surface area contributed by atoms with Crippen molar-refractivity contribution in [2.24, 2.45) is 0 Å². The Labute approximate surface area is 111 Å². The molecule has 0 saturated heterocycles. The van der Waals surface area contributed by atoms with Crippen molar-refractivity contribution < 1.29 is 5.11 Å². The van der Waals surface area contributed by atoms with Gasteiger partial charge in [-0.3, -0.25) is 0 Å². The van der Waals surface area contributed by atoms with Crippen molar-refractivity contribution in [3.05, 3.63) is 30.3 Å². The molecule has 0 amide bonds. The predicted molar refractivity (Wildman–Crippen MR) is 78.7 cm³/mol. The quantitative estimate of drug-likeness (QED) is 0.470. The van der Waals surface area contributed by atoms with Crippen LogP contribution >= 0.6 is 0 Å². The highest BCUT2D eigenvalue weighted by Gasteiger charge is 2.02. The van der Waals surface area contributed by atoms with Crippen molar-refractivity contribution in [1.29, 1.82) is 0 Å². The molecule has 0 aromatic heterocycles. The third-order valence-corrected chi connectivity index (χ3v) is 3.19. The summed E-state index contributed by atoms with van der Waals surface area (Å²) in [5.41, 5.74) is 0.993. The molecule has 1 rings (SSSR count). The van der Waals surface area contributed by atoms with E-state index in [1.165, 1.54) is 38.5 Å². The summed E-state index contributed by atoms with van der Waals surface area (Å²) in [7, 11) is 0. The van der Waals surface area contributed by atoms with Crippen molar-refractivity contribution in [2.75, 3.05) is 5.32 Å². The number of aliphatic hydroxyl groups is 1. The number of rotatable bonds is 10. The van der Waals surface area contributed by atoms with Gasteiger partial charge in [0.25, 0.3) is 0 Å². The number of aliphatic hydroxyl groups excluding tert-OH is 1. The number of nitrogens with one attached hydrogen (secondary N) is 1. The monoisotopic (exact) mass is 249 g/mol. The number of para-hydroxylation sites is 1. The van der Waals surface area contributed by atoms with Gasteiger partial charge < -0.3 is 10.4 Å². The minimum absolute atomic E-state index is 0.414.